The monoisotopic (exact) mass is 191 g/mol. The van der Waals surface area contributed by atoms with Crippen LogP contribution in [0.15, 0.2) is 18.7 Å². The van der Waals surface area contributed by atoms with Gasteiger partial charge in [0.2, 0.25) is 0 Å². The molecule has 0 aliphatic carbocycles. The van der Waals surface area contributed by atoms with Gasteiger partial charge in [0.1, 0.15) is 0 Å². The Balaban J connectivity index is 1.91. The maximum absolute atomic E-state index is 3.99. The summed E-state index contributed by atoms with van der Waals surface area (Å²) in [5.74, 6) is 5.90. The van der Waals surface area contributed by atoms with Gasteiger partial charge >= 0.3 is 0 Å². The number of aryl methyl sites for hydroxylation is 1. The van der Waals surface area contributed by atoms with E-state index in [0.717, 1.165) is 32.5 Å². The van der Waals surface area contributed by atoms with Crippen molar-refractivity contribution in [3.8, 4) is 11.8 Å². The molecular weight excluding hydrogens is 174 g/mol. The van der Waals surface area contributed by atoms with Gasteiger partial charge in [-0.25, -0.2) is 4.98 Å². The zero-order valence-electron chi connectivity index (χ0n) is 8.66. The normalized spacial score (nSPS) is 9.50. The van der Waals surface area contributed by atoms with Crippen molar-refractivity contribution in [1.29, 1.82) is 0 Å². The van der Waals surface area contributed by atoms with Crippen LogP contribution >= 0.6 is 0 Å². The molecule has 1 rings (SSSR count). The molecule has 0 aromatic carbocycles. The number of hydrogen-bond acceptors (Lipinski definition) is 2. The van der Waals surface area contributed by atoms with Crippen molar-refractivity contribution in [2.75, 3.05) is 13.1 Å². The zero-order valence-corrected chi connectivity index (χ0v) is 8.66. The van der Waals surface area contributed by atoms with Gasteiger partial charge in [0.15, 0.2) is 0 Å². The second kappa shape index (κ2) is 7.16. The molecule has 0 aliphatic rings. The molecule has 1 aromatic rings. The second-order valence-electron chi connectivity index (χ2n) is 3.08. The molecule has 0 fully saturated rings. The summed E-state index contributed by atoms with van der Waals surface area (Å²) >= 11 is 0. The Morgan fingerprint density at radius 3 is 3.07 bits per heavy atom. The van der Waals surface area contributed by atoms with E-state index in [2.05, 4.69) is 26.7 Å². The lowest BCUT2D eigenvalue weighted by Crippen LogP contribution is -2.17. The van der Waals surface area contributed by atoms with E-state index in [0.29, 0.717) is 0 Å². The SMILES string of the molecule is CC#CCCNCCCn1ccnc1. The molecule has 3 nitrogen and oxygen atoms in total. The minimum absolute atomic E-state index is 0.946. The minimum atomic E-state index is 0.946. The highest BCUT2D eigenvalue weighted by molar-refractivity contribution is 4.95. The van der Waals surface area contributed by atoms with Gasteiger partial charge in [0, 0.05) is 31.9 Å². The first kappa shape index (κ1) is 10.8. The van der Waals surface area contributed by atoms with Crippen LogP contribution in [0.1, 0.15) is 19.8 Å². The Bertz CT molecular complexity index is 279. The molecule has 0 saturated heterocycles. The van der Waals surface area contributed by atoms with E-state index < -0.39 is 0 Å². The maximum Gasteiger partial charge on any atom is 0.0945 e. The molecule has 14 heavy (non-hydrogen) atoms. The Kier molecular flexibility index (Phi) is 5.53. The van der Waals surface area contributed by atoms with Crippen molar-refractivity contribution in [2.24, 2.45) is 0 Å². The summed E-state index contributed by atoms with van der Waals surface area (Å²) in [6, 6.07) is 0. The Labute approximate surface area is 85.5 Å². The quantitative estimate of drug-likeness (QED) is 0.542. The van der Waals surface area contributed by atoms with E-state index in [1.165, 1.54) is 0 Å². The molecule has 0 atom stereocenters. The molecule has 0 saturated carbocycles. The highest BCUT2D eigenvalue weighted by Gasteiger charge is 1.89. The summed E-state index contributed by atoms with van der Waals surface area (Å²) in [7, 11) is 0. The fourth-order valence-corrected chi connectivity index (χ4v) is 1.21. The van der Waals surface area contributed by atoms with Crippen LogP contribution in [0.25, 0.3) is 0 Å². The van der Waals surface area contributed by atoms with E-state index in [9.17, 15) is 0 Å². The number of rotatable bonds is 6. The highest BCUT2D eigenvalue weighted by Crippen LogP contribution is 1.88. The number of nitrogens with zero attached hydrogens (tertiary/aromatic N) is 2. The molecule has 0 spiro atoms. The van der Waals surface area contributed by atoms with Gasteiger partial charge in [-0.1, -0.05) is 0 Å². The summed E-state index contributed by atoms with van der Waals surface area (Å²) < 4.78 is 2.09. The highest BCUT2D eigenvalue weighted by atomic mass is 15.0. The molecule has 3 heteroatoms. The molecule has 0 aliphatic heterocycles. The average Bonchev–Trinajstić information content (AvgIpc) is 2.69. The molecule has 76 valence electrons. The first-order chi connectivity index (χ1) is 6.93. The second-order valence-corrected chi connectivity index (χ2v) is 3.08. The maximum atomic E-state index is 3.99. The number of hydrogen-bond donors (Lipinski definition) is 1. The largest absolute Gasteiger partial charge is 0.337 e. The fourth-order valence-electron chi connectivity index (χ4n) is 1.21. The third-order valence-electron chi connectivity index (χ3n) is 1.93. The minimum Gasteiger partial charge on any atom is -0.337 e. The van der Waals surface area contributed by atoms with E-state index >= 15 is 0 Å². The van der Waals surface area contributed by atoms with Gasteiger partial charge in [-0.2, -0.15) is 0 Å². The van der Waals surface area contributed by atoms with Crippen molar-refractivity contribution in [3.05, 3.63) is 18.7 Å². The van der Waals surface area contributed by atoms with Gasteiger partial charge in [0.05, 0.1) is 6.33 Å². The van der Waals surface area contributed by atoms with Crippen molar-refractivity contribution in [2.45, 2.75) is 26.3 Å². The Hall–Kier alpha value is -1.27. The first-order valence-electron chi connectivity index (χ1n) is 4.99. The zero-order chi connectivity index (χ0) is 10.1. The molecule has 1 heterocycles. The number of nitrogens with one attached hydrogen (secondary N) is 1. The summed E-state index contributed by atoms with van der Waals surface area (Å²) in [5.41, 5.74) is 0. The van der Waals surface area contributed by atoms with Gasteiger partial charge in [-0.3, -0.25) is 0 Å². The topological polar surface area (TPSA) is 29.9 Å². The summed E-state index contributed by atoms with van der Waals surface area (Å²) in [4.78, 5) is 3.99. The molecule has 0 bridgehead atoms. The molecule has 0 amide bonds. The molecule has 1 N–H and O–H groups in total. The van der Waals surface area contributed by atoms with Crippen LogP contribution in [0.5, 0.6) is 0 Å². The van der Waals surface area contributed by atoms with E-state index in [4.69, 9.17) is 0 Å². The van der Waals surface area contributed by atoms with Crippen LogP contribution in [0.2, 0.25) is 0 Å². The lowest BCUT2D eigenvalue weighted by atomic mass is 10.4. The predicted molar refractivity (Wildman–Crippen MR) is 57.8 cm³/mol. The van der Waals surface area contributed by atoms with Gasteiger partial charge in [-0.05, 0) is 19.9 Å². The van der Waals surface area contributed by atoms with E-state index in [-0.39, 0.29) is 0 Å². The predicted octanol–water partition coefficient (Wildman–Crippen LogP) is 1.28. The van der Waals surface area contributed by atoms with Gasteiger partial charge in [-0.15, -0.1) is 11.8 Å². The van der Waals surface area contributed by atoms with Crippen LogP contribution in [0.4, 0.5) is 0 Å². The number of aromatic nitrogens is 2. The van der Waals surface area contributed by atoms with Crippen LogP contribution in [-0.4, -0.2) is 22.6 Å². The Morgan fingerprint density at radius 1 is 1.43 bits per heavy atom. The average molecular weight is 191 g/mol. The first-order valence-corrected chi connectivity index (χ1v) is 4.99. The van der Waals surface area contributed by atoms with Crippen molar-refractivity contribution in [1.82, 2.24) is 14.9 Å². The van der Waals surface area contributed by atoms with Gasteiger partial charge in [0.25, 0.3) is 0 Å². The van der Waals surface area contributed by atoms with Crippen LogP contribution in [0, 0.1) is 11.8 Å². The van der Waals surface area contributed by atoms with Crippen molar-refractivity contribution < 1.29 is 0 Å². The van der Waals surface area contributed by atoms with Gasteiger partial charge < -0.3 is 9.88 Å². The fraction of sp³-hybridized carbons (Fsp3) is 0.545. The number of imidazole rings is 1. The van der Waals surface area contributed by atoms with E-state index in [1.807, 2.05) is 25.6 Å². The molecule has 0 unspecified atom stereocenters. The summed E-state index contributed by atoms with van der Waals surface area (Å²) in [6.45, 7) is 4.94. The summed E-state index contributed by atoms with van der Waals surface area (Å²) in [5, 5.41) is 3.35. The third-order valence-corrected chi connectivity index (χ3v) is 1.93. The standard InChI is InChI=1S/C11H17N3/c1-2-3-4-6-12-7-5-9-14-10-8-13-11-14/h8,10-12H,4-7,9H2,1H3. The van der Waals surface area contributed by atoms with E-state index in [1.54, 1.807) is 0 Å². The van der Waals surface area contributed by atoms with Crippen LogP contribution in [-0.2, 0) is 6.54 Å². The Morgan fingerprint density at radius 2 is 2.36 bits per heavy atom. The van der Waals surface area contributed by atoms with Crippen molar-refractivity contribution in [3.63, 3.8) is 0 Å². The smallest absolute Gasteiger partial charge is 0.0945 e. The van der Waals surface area contributed by atoms with Crippen LogP contribution in [0.3, 0.4) is 0 Å². The lowest BCUT2D eigenvalue weighted by molar-refractivity contribution is 0.585. The lowest BCUT2D eigenvalue weighted by Gasteiger charge is -2.02. The van der Waals surface area contributed by atoms with Crippen LogP contribution < -0.4 is 5.32 Å². The molecule has 1 aromatic heterocycles. The van der Waals surface area contributed by atoms with Crippen molar-refractivity contribution >= 4 is 0 Å². The third kappa shape index (κ3) is 4.68. The molecule has 0 radical (unpaired) electrons. The molecular formula is C11H17N3. The summed E-state index contributed by atoms with van der Waals surface area (Å²) in [6.07, 6.45) is 7.73.